The lowest BCUT2D eigenvalue weighted by molar-refractivity contribution is -0.116. The minimum absolute atomic E-state index is 0.000562. The second kappa shape index (κ2) is 5.44. The lowest BCUT2D eigenvalue weighted by Gasteiger charge is -2.21. The summed E-state index contributed by atoms with van der Waals surface area (Å²) < 4.78 is 0. The Hall–Kier alpha value is -1.49. The Morgan fingerprint density at radius 3 is 3.00 bits per heavy atom. The number of amides is 2. The van der Waals surface area contributed by atoms with E-state index in [4.69, 9.17) is 0 Å². The Balaban J connectivity index is 2.15. The van der Waals surface area contributed by atoms with E-state index in [0.29, 0.717) is 6.42 Å². The number of anilines is 2. The van der Waals surface area contributed by atoms with Gasteiger partial charge < -0.3 is 10.6 Å². The molecule has 96 valence electrons. The predicted octanol–water partition coefficient (Wildman–Crippen LogP) is 2.86. The van der Waals surface area contributed by atoms with Crippen LogP contribution >= 0.6 is 11.8 Å². The molecule has 0 fully saturated rings. The summed E-state index contributed by atoms with van der Waals surface area (Å²) in [7, 11) is 0. The number of benzene rings is 1. The Morgan fingerprint density at radius 2 is 2.28 bits per heavy atom. The number of rotatable bonds is 3. The monoisotopic (exact) mass is 264 g/mol. The van der Waals surface area contributed by atoms with Crippen LogP contribution in [0.15, 0.2) is 23.1 Å². The summed E-state index contributed by atoms with van der Waals surface area (Å²) in [6.45, 7) is 3.84. The van der Waals surface area contributed by atoms with E-state index in [1.165, 1.54) is 11.8 Å². The van der Waals surface area contributed by atoms with Gasteiger partial charge in [0.05, 0.1) is 10.9 Å². The van der Waals surface area contributed by atoms with Gasteiger partial charge in [0.2, 0.25) is 11.8 Å². The van der Waals surface area contributed by atoms with Crippen LogP contribution < -0.4 is 10.6 Å². The highest BCUT2D eigenvalue weighted by Crippen LogP contribution is 2.36. The fourth-order valence-electron chi connectivity index (χ4n) is 1.74. The van der Waals surface area contributed by atoms with Crippen molar-refractivity contribution >= 4 is 35.0 Å². The topological polar surface area (TPSA) is 58.2 Å². The van der Waals surface area contributed by atoms with Gasteiger partial charge in [-0.3, -0.25) is 9.59 Å². The fraction of sp³-hybridized carbons (Fsp3) is 0.385. The molecule has 0 saturated heterocycles. The lowest BCUT2D eigenvalue weighted by Crippen LogP contribution is -2.26. The zero-order valence-corrected chi connectivity index (χ0v) is 11.3. The average molecular weight is 264 g/mol. The number of nitrogens with one attached hydrogen (secondary N) is 2. The van der Waals surface area contributed by atoms with Crippen molar-refractivity contribution in [1.82, 2.24) is 0 Å². The van der Waals surface area contributed by atoms with E-state index < -0.39 is 0 Å². The van der Waals surface area contributed by atoms with Gasteiger partial charge >= 0.3 is 0 Å². The molecule has 2 amide bonds. The first-order valence-electron chi connectivity index (χ1n) is 6.01. The van der Waals surface area contributed by atoms with Crippen LogP contribution in [0, 0.1) is 0 Å². The van der Waals surface area contributed by atoms with Crippen LogP contribution in [-0.2, 0) is 9.59 Å². The van der Waals surface area contributed by atoms with Crippen molar-refractivity contribution in [2.45, 2.75) is 36.8 Å². The first-order chi connectivity index (χ1) is 8.60. The van der Waals surface area contributed by atoms with Crippen LogP contribution in [0.1, 0.15) is 26.7 Å². The molecule has 5 heteroatoms. The summed E-state index contributed by atoms with van der Waals surface area (Å²) in [6, 6.07) is 5.60. The fourth-order valence-corrected chi connectivity index (χ4v) is 2.67. The molecule has 0 radical (unpaired) electrons. The molecule has 1 atom stereocenters. The van der Waals surface area contributed by atoms with E-state index >= 15 is 0 Å². The van der Waals surface area contributed by atoms with Gasteiger partial charge in [-0.1, -0.05) is 6.92 Å². The molecule has 1 aromatic rings. The van der Waals surface area contributed by atoms with Crippen LogP contribution in [0.3, 0.4) is 0 Å². The van der Waals surface area contributed by atoms with Crippen LogP contribution in [0.25, 0.3) is 0 Å². The first kappa shape index (κ1) is 13.0. The molecule has 4 nitrogen and oxygen atoms in total. The van der Waals surface area contributed by atoms with Gasteiger partial charge in [0, 0.05) is 17.0 Å². The van der Waals surface area contributed by atoms with Gasteiger partial charge in [-0.25, -0.2) is 0 Å². The van der Waals surface area contributed by atoms with Gasteiger partial charge in [-0.15, -0.1) is 11.8 Å². The van der Waals surface area contributed by atoms with E-state index in [9.17, 15) is 9.59 Å². The highest BCUT2D eigenvalue weighted by Gasteiger charge is 2.23. The Morgan fingerprint density at radius 1 is 1.50 bits per heavy atom. The smallest absolute Gasteiger partial charge is 0.237 e. The molecule has 2 rings (SSSR count). The van der Waals surface area contributed by atoms with Gasteiger partial charge in [0.1, 0.15) is 0 Å². The molecule has 0 aromatic heterocycles. The molecule has 1 aliphatic rings. The molecule has 0 bridgehead atoms. The van der Waals surface area contributed by atoms with Crippen molar-refractivity contribution in [1.29, 1.82) is 0 Å². The normalized spacial score (nSPS) is 17.9. The average Bonchev–Trinajstić information content (AvgIpc) is 2.31. The molecule has 1 unspecified atom stereocenters. The van der Waals surface area contributed by atoms with Gasteiger partial charge in [-0.05, 0) is 31.5 Å². The summed E-state index contributed by atoms with van der Waals surface area (Å²) in [5.41, 5.74) is 1.50. The summed E-state index contributed by atoms with van der Waals surface area (Å²) in [4.78, 5) is 24.1. The van der Waals surface area contributed by atoms with Crippen molar-refractivity contribution in [3.63, 3.8) is 0 Å². The Labute approximate surface area is 111 Å². The summed E-state index contributed by atoms with van der Waals surface area (Å²) in [5, 5.41) is 5.59. The standard InChI is InChI=1S/C13H16N2O2S/c1-3-4-12(16)14-9-5-6-11-10(7-9)15-13(17)8(2)18-11/h5-8H,3-4H2,1-2H3,(H,14,16)(H,15,17). The zero-order valence-electron chi connectivity index (χ0n) is 10.4. The maximum atomic E-state index is 11.6. The maximum Gasteiger partial charge on any atom is 0.237 e. The Bertz CT molecular complexity index is 488. The molecular formula is C13H16N2O2S. The largest absolute Gasteiger partial charge is 0.326 e. The van der Waals surface area contributed by atoms with Crippen molar-refractivity contribution in [2.24, 2.45) is 0 Å². The highest BCUT2D eigenvalue weighted by atomic mass is 32.2. The maximum absolute atomic E-state index is 11.6. The molecule has 0 saturated carbocycles. The van der Waals surface area contributed by atoms with E-state index in [2.05, 4.69) is 10.6 Å². The van der Waals surface area contributed by atoms with Crippen LogP contribution in [0.4, 0.5) is 11.4 Å². The minimum Gasteiger partial charge on any atom is -0.326 e. The van der Waals surface area contributed by atoms with E-state index in [1.54, 1.807) is 6.07 Å². The molecule has 1 aromatic carbocycles. The summed E-state index contributed by atoms with van der Waals surface area (Å²) >= 11 is 1.53. The van der Waals surface area contributed by atoms with Crippen molar-refractivity contribution < 1.29 is 9.59 Å². The van der Waals surface area contributed by atoms with Crippen LogP contribution in [0.5, 0.6) is 0 Å². The highest BCUT2D eigenvalue weighted by molar-refractivity contribution is 8.00. The number of hydrogen-bond donors (Lipinski definition) is 2. The third-order valence-corrected chi connectivity index (χ3v) is 3.85. The SMILES string of the molecule is CCCC(=O)Nc1ccc2c(c1)NC(=O)C(C)S2. The van der Waals surface area contributed by atoms with Crippen molar-refractivity contribution in [2.75, 3.05) is 10.6 Å². The van der Waals surface area contributed by atoms with E-state index in [0.717, 1.165) is 22.7 Å². The number of carbonyl (C=O) groups is 2. The molecule has 18 heavy (non-hydrogen) atoms. The second-order valence-electron chi connectivity index (χ2n) is 4.26. The number of fused-ring (bicyclic) bond motifs is 1. The number of carbonyl (C=O) groups excluding carboxylic acids is 2. The number of thioether (sulfide) groups is 1. The second-order valence-corrected chi connectivity index (χ2v) is 5.64. The van der Waals surface area contributed by atoms with Crippen LogP contribution in [-0.4, -0.2) is 17.1 Å². The van der Waals surface area contributed by atoms with E-state index in [-0.39, 0.29) is 17.1 Å². The summed E-state index contributed by atoms with van der Waals surface area (Å²) in [5.74, 6) is 0.00476. The Kier molecular flexibility index (Phi) is 3.91. The van der Waals surface area contributed by atoms with E-state index in [1.807, 2.05) is 26.0 Å². The predicted molar refractivity (Wildman–Crippen MR) is 73.9 cm³/mol. The van der Waals surface area contributed by atoms with Crippen molar-refractivity contribution in [3.05, 3.63) is 18.2 Å². The van der Waals surface area contributed by atoms with Gasteiger partial charge in [0.25, 0.3) is 0 Å². The molecular weight excluding hydrogens is 248 g/mol. The van der Waals surface area contributed by atoms with Gasteiger partial charge in [-0.2, -0.15) is 0 Å². The van der Waals surface area contributed by atoms with Crippen molar-refractivity contribution in [3.8, 4) is 0 Å². The third-order valence-electron chi connectivity index (χ3n) is 2.67. The van der Waals surface area contributed by atoms with Crippen LogP contribution in [0.2, 0.25) is 0 Å². The van der Waals surface area contributed by atoms with Gasteiger partial charge in [0.15, 0.2) is 0 Å². The molecule has 0 spiro atoms. The quantitative estimate of drug-likeness (QED) is 0.882. The zero-order chi connectivity index (χ0) is 13.1. The molecule has 0 aliphatic carbocycles. The lowest BCUT2D eigenvalue weighted by atomic mass is 10.2. The molecule has 2 N–H and O–H groups in total. The molecule has 1 aliphatic heterocycles. The number of hydrogen-bond acceptors (Lipinski definition) is 3. The minimum atomic E-state index is -0.0713. The molecule has 1 heterocycles. The summed E-state index contributed by atoms with van der Waals surface area (Å²) in [6.07, 6.45) is 1.33. The third kappa shape index (κ3) is 2.85. The first-order valence-corrected chi connectivity index (χ1v) is 6.89.